The summed E-state index contributed by atoms with van der Waals surface area (Å²) in [4.78, 5) is 24.5. The highest BCUT2D eigenvalue weighted by atomic mass is 79.9. The van der Waals surface area contributed by atoms with Gasteiger partial charge in [0, 0.05) is 10.5 Å². The first-order valence-electron chi connectivity index (χ1n) is 5.02. The van der Waals surface area contributed by atoms with E-state index in [0.717, 1.165) is 4.47 Å². The number of nitrogens with zero attached hydrogens (tertiary/aromatic N) is 1. The maximum absolute atomic E-state index is 11.7. The number of ether oxygens (including phenoxy) is 1. The zero-order valence-corrected chi connectivity index (χ0v) is 10.8. The van der Waals surface area contributed by atoms with Gasteiger partial charge in [-0.3, -0.25) is 9.59 Å². The highest BCUT2D eigenvalue weighted by Crippen LogP contribution is 2.30. The Kier molecular flexibility index (Phi) is 3.33. The van der Waals surface area contributed by atoms with E-state index in [0.29, 0.717) is 11.4 Å². The molecule has 1 saturated heterocycles. The number of carbonyl (C=O) groups is 2. The third-order valence-corrected chi connectivity index (χ3v) is 3.15. The van der Waals surface area contributed by atoms with Crippen LogP contribution in [0.2, 0.25) is 0 Å². The molecule has 6 heteroatoms. The van der Waals surface area contributed by atoms with Gasteiger partial charge in [0.15, 0.2) is 0 Å². The molecule has 1 aliphatic rings. The molecule has 17 heavy (non-hydrogen) atoms. The Balaban J connectivity index is 2.37. The molecular formula is C11H11BrN2O3. The van der Waals surface area contributed by atoms with Gasteiger partial charge in [-0.25, -0.2) is 0 Å². The Morgan fingerprint density at radius 1 is 1.41 bits per heavy atom. The molecule has 1 heterocycles. The summed E-state index contributed by atoms with van der Waals surface area (Å²) in [6.45, 7) is 0.0626. The lowest BCUT2D eigenvalue weighted by molar-refractivity contribution is -0.128. The van der Waals surface area contributed by atoms with E-state index >= 15 is 0 Å². The predicted molar refractivity (Wildman–Crippen MR) is 66.1 cm³/mol. The smallest absolute Gasteiger partial charge is 0.246 e. The maximum Gasteiger partial charge on any atom is 0.246 e. The molecule has 0 aromatic heterocycles. The van der Waals surface area contributed by atoms with Crippen LogP contribution in [0.15, 0.2) is 22.7 Å². The monoisotopic (exact) mass is 298 g/mol. The zero-order chi connectivity index (χ0) is 12.4. The van der Waals surface area contributed by atoms with Crippen molar-refractivity contribution in [1.82, 2.24) is 5.32 Å². The molecule has 0 atom stereocenters. The Morgan fingerprint density at radius 3 is 2.88 bits per heavy atom. The summed E-state index contributed by atoms with van der Waals surface area (Å²) in [5, 5.41) is 2.50. The fourth-order valence-electron chi connectivity index (χ4n) is 1.60. The molecule has 2 rings (SSSR count). The second-order valence-corrected chi connectivity index (χ2v) is 4.43. The summed E-state index contributed by atoms with van der Waals surface area (Å²) in [7, 11) is 1.55. The molecule has 0 bridgehead atoms. The summed E-state index contributed by atoms with van der Waals surface area (Å²) in [6, 6.07) is 5.29. The van der Waals surface area contributed by atoms with E-state index in [2.05, 4.69) is 21.2 Å². The van der Waals surface area contributed by atoms with Gasteiger partial charge in [-0.05, 0) is 28.1 Å². The van der Waals surface area contributed by atoms with Crippen LogP contribution in [-0.2, 0) is 9.59 Å². The van der Waals surface area contributed by atoms with Crippen LogP contribution in [0.5, 0.6) is 5.75 Å². The molecule has 0 aliphatic carbocycles. The number of piperazine rings is 1. The van der Waals surface area contributed by atoms with Gasteiger partial charge in [0.05, 0.1) is 19.3 Å². The van der Waals surface area contributed by atoms with Gasteiger partial charge < -0.3 is 15.0 Å². The van der Waals surface area contributed by atoms with Gasteiger partial charge in [-0.1, -0.05) is 0 Å². The van der Waals surface area contributed by atoms with E-state index in [1.54, 1.807) is 25.3 Å². The fourth-order valence-corrected chi connectivity index (χ4v) is 2.06. The summed E-state index contributed by atoms with van der Waals surface area (Å²) in [5.41, 5.74) is 0.643. The minimum atomic E-state index is -0.167. The Labute approximate surface area is 107 Å². The van der Waals surface area contributed by atoms with Crippen molar-refractivity contribution >= 4 is 33.4 Å². The second-order valence-electron chi connectivity index (χ2n) is 3.57. The first-order chi connectivity index (χ1) is 8.11. The van der Waals surface area contributed by atoms with Gasteiger partial charge >= 0.3 is 0 Å². The molecule has 0 spiro atoms. The maximum atomic E-state index is 11.7. The molecule has 1 aromatic carbocycles. The number of amides is 2. The Bertz CT molecular complexity index is 476. The number of hydrogen-bond donors (Lipinski definition) is 1. The average molecular weight is 299 g/mol. The number of methoxy groups -OCH3 is 1. The molecule has 5 nitrogen and oxygen atoms in total. The van der Waals surface area contributed by atoms with Crippen molar-refractivity contribution in [2.24, 2.45) is 0 Å². The van der Waals surface area contributed by atoms with E-state index in [-0.39, 0.29) is 24.9 Å². The number of nitrogens with one attached hydrogen (secondary N) is 1. The molecule has 1 aliphatic heterocycles. The molecule has 0 unspecified atom stereocenters. The van der Waals surface area contributed by atoms with Crippen LogP contribution in [0.25, 0.3) is 0 Å². The highest BCUT2D eigenvalue weighted by Gasteiger charge is 2.26. The van der Waals surface area contributed by atoms with E-state index in [4.69, 9.17) is 4.74 Å². The number of hydrogen-bond acceptors (Lipinski definition) is 3. The van der Waals surface area contributed by atoms with Crippen molar-refractivity contribution < 1.29 is 14.3 Å². The van der Waals surface area contributed by atoms with Crippen molar-refractivity contribution in [2.45, 2.75) is 0 Å². The lowest BCUT2D eigenvalue weighted by atomic mass is 10.2. The van der Waals surface area contributed by atoms with E-state index < -0.39 is 0 Å². The normalized spacial score (nSPS) is 15.8. The number of carbonyl (C=O) groups excluding carboxylic acids is 2. The third-order valence-electron chi connectivity index (χ3n) is 2.48. The Hall–Kier alpha value is -1.56. The van der Waals surface area contributed by atoms with Crippen molar-refractivity contribution in [2.75, 3.05) is 25.1 Å². The van der Waals surface area contributed by atoms with Gasteiger partial charge in [-0.2, -0.15) is 0 Å². The van der Waals surface area contributed by atoms with Crippen LogP contribution < -0.4 is 15.0 Å². The first-order valence-corrected chi connectivity index (χ1v) is 5.81. The number of rotatable bonds is 2. The van der Waals surface area contributed by atoms with Crippen molar-refractivity contribution in [3.8, 4) is 5.75 Å². The summed E-state index contributed by atoms with van der Waals surface area (Å²) in [6.07, 6.45) is 0. The van der Waals surface area contributed by atoms with Crippen LogP contribution >= 0.6 is 15.9 Å². The van der Waals surface area contributed by atoms with Crippen molar-refractivity contribution in [1.29, 1.82) is 0 Å². The van der Waals surface area contributed by atoms with Crippen LogP contribution in [-0.4, -0.2) is 32.0 Å². The number of benzene rings is 1. The lowest BCUT2D eigenvalue weighted by Crippen LogP contribution is -2.51. The van der Waals surface area contributed by atoms with Crippen molar-refractivity contribution in [3.63, 3.8) is 0 Å². The molecule has 90 valence electrons. The van der Waals surface area contributed by atoms with Crippen LogP contribution in [0.1, 0.15) is 0 Å². The van der Waals surface area contributed by atoms with Crippen LogP contribution in [0, 0.1) is 0 Å². The highest BCUT2D eigenvalue weighted by molar-refractivity contribution is 9.10. The van der Waals surface area contributed by atoms with Crippen molar-refractivity contribution in [3.05, 3.63) is 22.7 Å². The van der Waals surface area contributed by atoms with Gasteiger partial charge in [0.2, 0.25) is 11.8 Å². The lowest BCUT2D eigenvalue weighted by Gasteiger charge is -2.27. The largest absolute Gasteiger partial charge is 0.497 e. The van der Waals surface area contributed by atoms with Gasteiger partial charge in [0.25, 0.3) is 0 Å². The van der Waals surface area contributed by atoms with Gasteiger partial charge in [-0.15, -0.1) is 0 Å². The molecule has 2 amide bonds. The minimum Gasteiger partial charge on any atom is -0.497 e. The number of anilines is 1. The van der Waals surface area contributed by atoms with E-state index in [1.807, 2.05) is 0 Å². The Morgan fingerprint density at radius 2 is 2.18 bits per heavy atom. The molecule has 0 saturated carbocycles. The first kappa shape index (κ1) is 11.9. The topological polar surface area (TPSA) is 58.6 Å². The molecule has 1 aromatic rings. The second kappa shape index (κ2) is 4.75. The SMILES string of the molecule is COc1ccc(Br)c(N2CC(=O)NCC2=O)c1. The summed E-state index contributed by atoms with van der Waals surface area (Å²) in [5.74, 6) is 0.333. The molecular weight excluding hydrogens is 288 g/mol. The fraction of sp³-hybridized carbons (Fsp3) is 0.273. The third kappa shape index (κ3) is 2.41. The quantitative estimate of drug-likeness (QED) is 0.883. The standard InChI is InChI=1S/C11H11BrN2O3/c1-17-7-2-3-8(12)9(4-7)14-6-10(15)13-5-11(14)16/h2-4H,5-6H2,1H3,(H,13,15). The van der Waals surface area contributed by atoms with E-state index in [9.17, 15) is 9.59 Å². The molecule has 0 radical (unpaired) electrons. The minimum absolute atomic E-state index is 0.0302. The van der Waals surface area contributed by atoms with E-state index in [1.165, 1.54) is 4.90 Å². The molecule has 1 fully saturated rings. The predicted octanol–water partition coefficient (Wildman–Crippen LogP) is 0.920. The summed E-state index contributed by atoms with van der Waals surface area (Å²) < 4.78 is 5.85. The van der Waals surface area contributed by atoms with Gasteiger partial charge in [0.1, 0.15) is 12.3 Å². The van der Waals surface area contributed by atoms with Crippen LogP contribution in [0.4, 0.5) is 5.69 Å². The molecule has 1 N–H and O–H groups in total. The summed E-state index contributed by atoms with van der Waals surface area (Å²) >= 11 is 3.36. The number of halogens is 1. The average Bonchev–Trinajstić information content (AvgIpc) is 2.33. The van der Waals surface area contributed by atoms with Crippen LogP contribution in [0.3, 0.4) is 0 Å². The zero-order valence-electron chi connectivity index (χ0n) is 9.20.